The van der Waals surface area contributed by atoms with Crippen molar-refractivity contribution < 1.29 is 22.7 Å². The lowest BCUT2D eigenvalue weighted by Crippen LogP contribution is -2.35. The molecule has 1 fully saturated rings. The molecule has 0 aliphatic carbocycles. The van der Waals surface area contributed by atoms with Crippen molar-refractivity contribution in [2.24, 2.45) is 0 Å². The van der Waals surface area contributed by atoms with Gasteiger partial charge in [-0.05, 0) is 43.7 Å². The maximum atomic E-state index is 12.0. The highest BCUT2D eigenvalue weighted by Crippen LogP contribution is 2.20. The smallest absolute Gasteiger partial charge is 0.422 e. The van der Waals surface area contributed by atoms with Gasteiger partial charge in [0.25, 0.3) is 0 Å². The zero-order valence-electron chi connectivity index (χ0n) is 11.1. The first-order valence-corrected chi connectivity index (χ1v) is 6.28. The average Bonchev–Trinajstić information content (AvgIpc) is 2.91. The quantitative estimate of drug-likeness (QED) is 0.895. The van der Waals surface area contributed by atoms with Crippen LogP contribution in [-0.4, -0.2) is 31.3 Å². The second-order valence-electron chi connectivity index (χ2n) is 4.57. The molecule has 1 atom stereocenters. The van der Waals surface area contributed by atoms with E-state index in [1.54, 1.807) is 0 Å². The van der Waals surface area contributed by atoms with Crippen molar-refractivity contribution in [2.45, 2.75) is 25.1 Å². The fourth-order valence-corrected chi connectivity index (χ4v) is 1.94. The Bertz CT molecular complexity index is 459. The monoisotopic (exact) mass is 324 g/mol. The average molecular weight is 325 g/mol. The van der Waals surface area contributed by atoms with Gasteiger partial charge >= 0.3 is 6.18 Å². The fraction of sp³-hybridized carbons (Fsp3) is 0.462. The topological polar surface area (TPSA) is 50.4 Å². The molecule has 0 saturated carbocycles. The van der Waals surface area contributed by atoms with E-state index in [0.29, 0.717) is 5.69 Å². The van der Waals surface area contributed by atoms with Crippen LogP contribution in [0.4, 0.5) is 18.9 Å². The predicted molar refractivity (Wildman–Crippen MR) is 74.9 cm³/mol. The normalized spacial score (nSPS) is 18.0. The van der Waals surface area contributed by atoms with E-state index < -0.39 is 12.8 Å². The van der Waals surface area contributed by atoms with Gasteiger partial charge in [-0.15, -0.1) is 12.4 Å². The molecule has 0 radical (unpaired) electrons. The minimum Gasteiger partial charge on any atom is -0.484 e. The summed E-state index contributed by atoms with van der Waals surface area (Å²) in [5.74, 6) is -0.0224. The second kappa shape index (κ2) is 7.51. The Morgan fingerprint density at radius 1 is 1.33 bits per heavy atom. The van der Waals surface area contributed by atoms with Gasteiger partial charge in [-0.3, -0.25) is 4.79 Å². The molecule has 4 nitrogen and oxygen atoms in total. The summed E-state index contributed by atoms with van der Waals surface area (Å²) in [5, 5.41) is 5.77. The third-order valence-electron chi connectivity index (χ3n) is 2.90. The lowest BCUT2D eigenvalue weighted by Gasteiger charge is -2.12. The Hall–Kier alpha value is -1.47. The van der Waals surface area contributed by atoms with Crippen molar-refractivity contribution >= 4 is 24.0 Å². The van der Waals surface area contributed by atoms with Crippen molar-refractivity contribution in [3.8, 4) is 5.75 Å². The number of nitrogens with one attached hydrogen (secondary N) is 2. The summed E-state index contributed by atoms with van der Waals surface area (Å²) < 4.78 is 40.5. The highest BCUT2D eigenvalue weighted by Gasteiger charge is 2.28. The number of hydrogen-bond acceptors (Lipinski definition) is 3. The van der Waals surface area contributed by atoms with Crippen molar-refractivity contribution in [3.63, 3.8) is 0 Å². The predicted octanol–water partition coefficient (Wildman–Crippen LogP) is 2.74. The standard InChI is InChI=1S/C13H15F3N2O2.ClH/c14-13(15,16)8-20-10-5-3-9(4-6-10)18-12(19)11-2-1-7-17-11;/h3-6,11,17H,1-2,7-8H2,(H,18,19);1H/t11-;/m0./s1. The molecule has 1 saturated heterocycles. The van der Waals surface area contributed by atoms with E-state index in [9.17, 15) is 18.0 Å². The van der Waals surface area contributed by atoms with Crippen LogP contribution in [0.5, 0.6) is 5.75 Å². The van der Waals surface area contributed by atoms with Crippen LogP contribution in [0.1, 0.15) is 12.8 Å². The number of hydrogen-bond donors (Lipinski definition) is 2. The lowest BCUT2D eigenvalue weighted by molar-refractivity contribution is -0.153. The maximum absolute atomic E-state index is 12.0. The van der Waals surface area contributed by atoms with Crippen LogP contribution < -0.4 is 15.4 Å². The van der Waals surface area contributed by atoms with E-state index in [1.165, 1.54) is 24.3 Å². The molecular formula is C13H16ClF3N2O2. The number of rotatable bonds is 4. The number of benzene rings is 1. The molecule has 1 aliphatic rings. The van der Waals surface area contributed by atoms with Gasteiger partial charge in [0.05, 0.1) is 6.04 Å². The lowest BCUT2D eigenvalue weighted by atomic mass is 10.2. The third-order valence-corrected chi connectivity index (χ3v) is 2.90. The first-order chi connectivity index (χ1) is 9.44. The van der Waals surface area contributed by atoms with Crippen LogP contribution in [0.2, 0.25) is 0 Å². The number of carbonyl (C=O) groups is 1. The first kappa shape index (κ1) is 17.6. The summed E-state index contributed by atoms with van der Waals surface area (Å²) in [5.41, 5.74) is 0.531. The highest BCUT2D eigenvalue weighted by atomic mass is 35.5. The van der Waals surface area contributed by atoms with E-state index in [-0.39, 0.29) is 30.1 Å². The van der Waals surface area contributed by atoms with Crippen LogP contribution >= 0.6 is 12.4 Å². The zero-order valence-corrected chi connectivity index (χ0v) is 11.9. The highest BCUT2D eigenvalue weighted by molar-refractivity contribution is 5.95. The Kier molecular flexibility index (Phi) is 6.29. The number of amides is 1. The number of halogens is 4. The number of alkyl halides is 3. The first-order valence-electron chi connectivity index (χ1n) is 6.28. The fourth-order valence-electron chi connectivity index (χ4n) is 1.94. The molecule has 1 aromatic carbocycles. The van der Waals surface area contributed by atoms with Crippen molar-refractivity contribution in [1.82, 2.24) is 5.32 Å². The van der Waals surface area contributed by atoms with Crippen LogP contribution in [0.3, 0.4) is 0 Å². The summed E-state index contributed by atoms with van der Waals surface area (Å²) in [6.45, 7) is -0.507. The summed E-state index contributed by atoms with van der Waals surface area (Å²) in [6.07, 6.45) is -2.61. The van der Waals surface area contributed by atoms with Crippen molar-refractivity contribution in [2.75, 3.05) is 18.5 Å². The third kappa shape index (κ3) is 5.81. The summed E-state index contributed by atoms with van der Waals surface area (Å²) in [7, 11) is 0. The molecule has 1 aliphatic heterocycles. The zero-order chi connectivity index (χ0) is 14.6. The number of anilines is 1. The molecule has 0 spiro atoms. The van der Waals surface area contributed by atoms with Crippen LogP contribution in [0, 0.1) is 0 Å². The van der Waals surface area contributed by atoms with Crippen LogP contribution in [-0.2, 0) is 4.79 Å². The van der Waals surface area contributed by atoms with E-state index in [1.807, 2.05) is 0 Å². The molecule has 1 aromatic rings. The molecule has 2 N–H and O–H groups in total. The molecule has 2 rings (SSSR count). The molecule has 0 unspecified atom stereocenters. The Labute approximate surface area is 126 Å². The van der Waals surface area contributed by atoms with E-state index >= 15 is 0 Å². The Morgan fingerprint density at radius 3 is 2.52 bits per heavy atom. The van der Waals surface area contributed by atoms with Gasteiger partial charge in [-0.1, -0.05) is 0 Å². The summed E-state index contributed by atoms with van der Waals surface area (Å²) in [6, 6.07) is 5.61. The number of carbonyl (C=O) groups excluding carboxylic acids is 1. The van der Waals surface area contributed by atoms with Crippen molar-refractivity contribution in [1.29, 1.82) is 0 Å². The van der Waals surface area contributed by atoms with Gasteiger partial charge in [0.2, 0.25) is 5.91 Å². The number of ether oxygens (including phenoxy) is 1. The van der Waals surface area contributed by atoms with Gasteiger partial charge in [0, 0.05) is 5.69 Å². The van der Waals surface area contributed by atoms with E-state index in [4.69, 9.17) is 0 Å². The minimum atomic E-state index is -4.36. The second-order valence-corrected chi connectivity index (χ2v) is 4.57. The van der Waals surface area contributed by atoms with Gasteiger partial charge in [-0.25, -0.2) is 0 Å². The molecule has 8 heteroatoms. The molecule has 1 amide bonds. The Morgan fingerprint density at radius 2 is 2.00 bits per heavy atom. The van der Waals surface area contributed by atoms with E-state index in [2.05, 4.69) is 15.4 Å². The van der Waals surface area contributed by atoms with Gasteiger partial charge in [0.1, 0.15) is 5.75 Å². The molecule has 118 valence electrons. The Balaban J connectivity index is 0.00000220. The minimum absolute atomic E-state index is 0. The molecule has 21 heavy (non-hydrogen) atoms. The molecular weight excluding hydrogens is 309 g/mol. The maximum Gasteiger partial charge on any atom is 0.422 e. The van der Waals surface area contributed by atoms with Gasteiger partial charge in [0.15, 0.2) is 6.61 Å². The summed E-state index contributed by atoms with van der Waals surface area (Å²) >= 11 is 0. The summed E-state index contributed by atoms with van der Waals surface area (Å²) in [4.78, 5) is 11.8. The van der Waals surface area contributed by atoms with Gasteiger partial charge in [-0.2, -0.15) is 13.2 Å². The van der Waals surface area contributed by atoms with Gasteiger partial charge < -0.3 is 15.4 Å². The molecule has 1 heterocycles. The molecule has 0 bridgehead atoms. The van der Waals surface area contributed by atoms with Crippen LogP contribution in [0.25, 0.3) is 0 Å². The largest absolute Gasteiger partial charge is 0.484 e. The SMILES string of the molecule is Cl.O=C(Nc1ccc(OCC(F)(F)F)cc1)[C@@H]1CCCN1. The molecule has 0 aromatic heterocycles. The van der Waals surface area contributed by atoms with Crippen molar-refractivity contribution in [3.05, 3.63) is 24.3 Å². The van der Waals surface area contributed by atoms with Crippen LogP contribution in [0.15, 0.2) is 24.3 Å². The van der Waals surface area contributed by atoms with E-state index in [0.717, 1.165) is 19.4 Å².